The van der Waals surface area contributed by atoms with Gasteiger partial charge in [0.15, 0.2) is 7.51 Å². The van der Waals surface area contributed by atoms with Gasteiger partial charge in [0.25, 0.3) is 0 Å². The van der Waals surface area contributed by atoms with Gasteiger partial charge in [0.05, 0.1) is 12.8 Å². The molecule has 0 N–H and O–H groups in total. The Labute approximate surface area is 152 Å². The zero-order valence-corrected chi connectivity index (χ0v) is 16.3. The molecular weight excluding hydrogens is 331 g/mol. The second kappa shape index (κ2) is 7.79. The summed E-state index contributed by atoms with van der Waals surface area (Å²) in [6.45, 7) is 7.25. The third-order valence-corrected chi connectivity index (χ3v) is 9.68. The zero-order valence-electron chi connectivity index (χ0n) is 15.4. The van der Waals surface area contributed by atoms with E-state index in [1.807, 2.05) is 12.1 Å². The number of nitrogens with zero attached hydrogens (tertiary/aromatic N) is 4. The molecule has 3 aliphatic heterocycles. The van der Waals surface area contributed by atoms with Crippen LogP contribution in [0.15, 0.2) is 29.0 Å². The maximum Gasteiger partial charge on any atom is 0.172 e. The van der Waals surface area contributed by atoms with Crippen LogP contribution in [0.5, 0.6) is 5.75 Å². The fourth-order valence-corrected chi connectivity index (χ4v) is 8.79. The molecule has 4 rings (SSSR count). The summed E-state index contributed by atoms with van der Waals surface area (Å²) in [5.41, 5.74) is 1.11. The quantitative estimate of drug-likeness (QED) is 0.719. The van der Waals surface area contributed by atoms with Crippen molar-refractivity contribution in [1.82, 2.24) is 14.0 Å². The van der Waals surface area contributed by atoms with Crippen molar-refractivity contribution in [3.63, 3.8) is 0 Å². The van der Waals surface area contributed by atoms with E-state index in [1.54, 1.807) is 7.11 Å². The topological polar surface area (TPSA) is 31.3 Å². The first-order valence-electron chi connectivity index (χ1n) is 9.85. The van der Waals surface area contributed by atoms with Gasteiger partial charge in [-0.2, -0.15) is 0 Å². The minimum Gasteiger partial charge on any atom is -0.497 e. The molecule has 6 heteroatoms. The van der Waals surface area contributed by atoms with E-state index in [4.69, 9.17) is 9.48 Å². The van der Waals surface area contributed by atoms with E-state index in [2.05, 4.69) is 26.1 Å². The Hall–Kier alpha value is -0.870. The van der Waals surface area contributed by atoms with Crippen molar-refractivity contribution in [3.8, 4) is 5.75 Å². The van der Waals surface area contributed by atoms with Crippen LogP contribution < -0.4 is 4.74 Å². The Morgan fingerprint density at radius 3 is 1.48 bits per heavy atom. The summed E-state index contributed by atoms with van der Waals surface area (Å²) < 4.78 is 19.2. The van der Waals surface area contributed by atoms with Crippen molar-refractivity contribution < 1.29 is 4.74 Å². The SMILES string of the molecule is COc1ccc(N=P(N2CCCC2)(N2CCCC2)N2CCCC2)cc1. The van der Waals surface area contributed by atoms with E-state index in [9.17, 15) is 0 Å². The van der Waals surface area contributed by atoms with Crippen molar-refractivity contribution in [3.05, 3.63) is 24.3 Å². The maximum absolute atomic E-state index is 5.54. The van der Waals surface area contributed by atoms with E-state index in [0.29, 0.717) is 0 Å². The monoisotopic (exact) mass is 362 g/mol. The number of methoxy groups -OCH3 is 1. The van der Waals surface area contributed by atoms with Crippen LogP contribution in [-0.4, -0.2) is 60.4 Å². The predicted octanol–water partition coefficient (Wildman–Crippen LogP) is 4.56. The van der Waals surface area contributed by atoms with Gasteiger partial charge >= 0.3 is 0 Å². The molecule has 0 saturated carbocycles. The van der Waals surface area contributed by atoms with Gasteiger partial charge in [0.2, 0.25) is 0 Å². The minimum atomic E-state index is -1.80. The Morgan fingerprint density at radius 1 is 0.720 bits per heavy atom. The van der Waals surface area contributed by atoms with Crippen molar-refractivity contribution in [2.24, 2.45) is 4.74 Å². The number of ether oxygens (including phenoxy) is 1. The van der Waals surface area contributed by atoms with Crippen LogP contribution in [0.25, 0.3) is 0 Å². The fraction of sp³-hybridized carbons (Fsp3) is 0.684. The average Bonchev–Trinajstić information content (AvgIpc) is 3.44. The third kappa shape index (κ3) is 3.40. The summed E-state index contributed by atoms with van der Waals surface area (Å²) in [7, 11) is -0.0760. The Morgan fingerprint density at radius 2 is 1.12 bits per heavy atom. The summed E-state index contributed by atoms with van der Waals surface area (Å²) in [6.07, 6.45) is 7.93. The molecule has 0 amide bonds. The Balaban J connectivity index is 1.80. The van der Waals surface area contributed by atoms with Gasteiger partial charge in [-0.15, -0.1) is 0 Å². The van der Waals surface area contributed by atoms with Crippen LogP contribution in [0.2, 0.25) is 0 Å². The van der Waals surface area contributed by atoms with E-state index in [1.165, 1.54) is 77.8 Å². The average molecular weight is 362 g/mol. The van der Waals surface area contributed by atoms with Gasteiger partial charge in [-0.1, -0.05) is 0 Å². The lowest BCUT2D eigenvalue weighted by Crippen LogP contribution is -2.38. The summed E-state index contributed by atoms with van der Waals surface area (Å²) in [5, 5.41) is 0. The molecule has 0 atom stereocenters. The second-order valence-electron chi connectivity index (χ2n) is 7.32. The summed E-state index contributed by atoms with van der Waals surface area (Å²) in [4.78, 5) is 0. The van der Waals surface area contributed by atoms with Crippen LogP contribution in [0, 0.1) is 0 Å². The molecule has 0 aromatic heterocycles. The molecule has 138 valence electrons. The van der Waals surface area contributed by atoms with Crippen molar-refractivity contribution in [2.45, 2.75) is 38.5 Å². The van der Waals surface area contributed by atoms with Crippen LogP contribution in [-0.2, 0) is 0 Å². The number of hydrogen-bond donors (Lipinski definition) is 0. The molecule has 25 heavy (non-hydrogen) atoms. The molecule has 0 spiro atoms. The highest BCUT2D eigenvalue weighted by atomic mass is 31.2. The van der Waals surface area contributed by atoms with Gasteiger partial charge in [0.1, 0.15) is 5.75 Å². The molecule has 0 aliphatic carbocycles. The Kier molecular flexibility index (Phi) is 5.47. The van der Waals surface area contributed by atoms with Gasteiger partial charge in [-0.3, -0.25) is 0 Å². The Bertz CT molecular complexity index is 567. The maximum atomic E-state index is 5.54. The zero-order chi connectivity index (χ0) is 17.1. The summed E-state index contributed by atoms with van der Waals surface area (Å²) in [6, 6.07) is 8.36. The van der Waals surface area contributed by atoms with Gasteiger partial charge in [-0.05, 0) is 62.8 Å². The lowest BCUT2D eigenvalue weighted by molar-refractivity contribution is 0.384. The van der Waals surface area contributed by atoms with Crippen molar-refractivity contribution >= 4 is 13.2 Å². The van der Waals surface area contributed by atoms with Crippen LogP contribution in [0.4, 0.5) is 5.69 Å². The molecule has 3 heterocycles. The molecule has 3 aliphatic rings. The van der Waals surface area contributed by atoms with Gasteiger partial charge in [-0.25, -0.2) is 18.8 Å². The first-order valence-corrected chi connectivity index (χ1v) is 11.5. The van der Waals surface area contributed by atoms with Crippen LogP contribution >= 0.6 is 7.51 Å². The van der Waals surface area contributed by atoms with Crippen LogP contribution in [0.3, 0.4) is 0 Å². The molecule has 1 aromatic carbocycles. The number of benzene rings is 1. The molecule has 3 saturated heterocycles. The lowest BCUT2D eigenvalue weighted by atomic mass is 10.3. The number of hydrogen-bond acceptors (Lipinski definition) is 2. The van der Waals surface area contributed by atoms with Crippen molar-refractivity contribution in [1.29, 1.82) is 0 Å². The fourth-order valence-electron chi connectivity index (χ4n) is 4.44. The normalized spacial score (nSPS) is 23.4. The van der Waals surface area contributed by atoms with Gasteiger partial charge in [0, 0.05) is 39.3 Å². The highest BCUT2D eigenvalue weighted by Crippen LogP contribution is 2.64. The minimum absolute atomic E-state index is 0.909. The molecular formula is C19H31N4OP. The first-order chi connectivity index (χ1) is 12.3. The first kappa shape index (κ1) is 17.5. The van der Waals surface area contributed by atoms with E-state index in [0.717, 1.165) is 11.4 Å². The van der Waals surface area contributed by atoms with Crippen molar-refractivity contribution in [2.75, 3.05) is 46.4 Å². The molecule has 3 fully saturated rings. The van der Waals surface area contributed by atoms with E-state index in [-0.39, 0.29) is 0 Å². The van der Waals surface area contributed by atoms with E-state index < -0.39 is 7.51 Å². The molecule has 0 bridgehead atoms. The summed E-state index contributed by atoms with van der Waals surface area (Å²) in [5.74, 6) is 0.909. The van der Waals surface area contributed by atoms with Crippen LogP contribution in [0.1, 0.15) is 38.5 Å². The lowest BCUT2D eigenvalue weighted by Gasteiger charge is -2.45. The van der Waals surface area contributed by atoms with E-state index >= 15 is 0 Å². The largest absolute Gasteiger partial charge is 0.497 e. The number of rotatable bonds is 5. The molecule has 0 radical (unpaired) electrons. The second-order valence-corrected chi connectivity index (χ2v) is 10.3. The van der Waals surface area contributed by atoms with Gasteiger partial charge < -0.3 is 4.74 Å². The smallest absolute Gasteiger partial charge is 0.172 e. The highest BCUT2D eigenvalue weighted by molar-refractivity contribution is 7.59. The molecule has 0 unspecified atom stereocenters. The standard InChI is InChI=1S/C19H31N4OP/c1-24-19-10-8-18(9-11-19)20-25(21-12-2-3-13-21,22-14-4-5-15-22)23-16-6-7-17-23/h8-11H,2-7,12-17H2,1H3. The third-order valence-electron chi connectivity index (χ3n) is 5.71. The summed E-state index contributed by atoms with van der Waals surface area (Å²) >= 11 is 0. The predicted molar refractivity (Wildman–Crippen MR) is 104 cm³/mol. The highest BCUT2D eigenvalue weighted by Gasteiger charge is 2.43. The molecule has 1 aromatic rings. The molecule has 5 nitrogen and oxygen atoms in total.